The SMILES string of the molecule is C=CCn1c(CS(=O)(=O)c2ccc(C)cc2)nnc1SCC(=O)Nc1ccccc1C(=O)OC. The van der Waals surface area contributed by atoms with Gasteiger partial charge in [0.25, 0.3) is 0 Å². The number of hydrogen-bond acceptors (Lipinski definition) is 8. The van der Waals surface area contributed by atoms with E-state index in [4.69, 9.17) is 4.74 Å². The number of benzene rings is 2. The standard InChI is InChI=1S/C23H24N4O5S2/c1-4-13-27-20(15-34(30,31)17-11-9-16(2)10-12-17)25-26-23(27)33-14-21(28)24-19-8-6-5-7-18(19)22(29)32-3/h4-12H,1,13-15H2,2-3H3,(H,24,28). The zero-order chi connectivity index (χ0) is 24.7. The lowest BCUT2D eigenvalue weighted by molar-refractivity contribution is -0.113. The van der Waals surface area contributed by atoms with E-state index < -0.39 is 15.8 Å². The van der Waals surface area contributed by atoms with Gasteiger partial charge in [-0.05, 0) is 31.2 Å². The van der Waals surface area contributed by atoms with Crippen molar-refractivity contribution in [3.05, 3.63) is 78.1 Å². The maximum Gasteiger partial charge on any atom is 0.339 e. The summed E-state index contributed by atoms with van der Waals surface area (Å²) in [6.07, 6.45) is 1.60. The fourth-order valence-electron chi connectivity index (χ4n) is 3.04. The van der Waals surface area contributed by atoms with Crippen LogP contribution in [0, 0.1) is 6.92 Å². The number of hydrogen-bond donors (Lipinski definition) is 1. The predicted octanol–water partition coefficient (Wildman–Crippen LogP) is 3.26. The first-order valence-electron chi connectivity index (χ1n) is 10.2. The van der Waals surface area contributed by atoms with Gasteiger partial charge in [0.05, 0.1) is 29.0 Å². The van der Waals surface area contributed by atoms with E-state index >= 15 is 0 Å². The van der Waals surface area contributed by atoms with Gasteiger partial charge in [-0.1, -0.05) is 47.7 Å². The highest BCUT2D eigenvalue weighted by Crippen LogP contribution is 2.22. The summed E-state index contributed by atoms with van der Waals surface area (Å²) in [7, 11) is -2.37. The number of para-hydroxylation sites is 1. The number of esters is 1. The average Bonchev–Trinajstić information content (AvgIpc) is 3.18. The van der Waals surface area contributed by atoms with Gasteiger partial charge in [0.1, 0.15) is 11.6 Å². The number of aryl methyl sites for hydroxylation is 1. The molecule has 2 aromatic carbocycles. The molecule has 0 aliphatic rings. The molecule has 1 heterocycles. The highest BCUT2D eigenvalue weighted by atomic mass is 32.2. The van der Waals surface area contributed by atoms with Gasteiger partial charge >= 0.3 is 5.97 Å². The van der Waals surface area contributed by atoms with Crippen LogP contribution in [0.3, 0.4) is 0 Å². The quantitative estimate of drug-likeness (QED) is 0.256. The molecule has 34 heavy (non-hydrogen) atoms. The van der Waals surface area contributed by atoms with Crippen LogP contribution in [0.25, 0.3) is 0 Å². The van der Waals surface area contributed by atoms with Crippen LogP contribution in [0.4, 0.5) is 5.69 Å². The van der Waals surface area contributed by atoms with Gasteiger partial charge in [0.2, 0.25) is 5.91 Å². The summed E-state index contributed by atoms with van der Waals surface area (Å²) in [6, 6.07) is 13.1. The molecule has 0 bridgehead atoms. The Hall–Kier alpha value is -3.44. The number of anilines is 1. The van der Waals surface area contributed by atoms with Crippen molar-refractivity contribution in [3.8, 4) is 0 Å². The minimum atomic E-state index is -3.63. The fourth-order valence-corrected chi connectivity index (χ4v) is 5.08. The molecule has 0 aliphatic heterocycles. The van der Waals surface area contributed by atoms with E-state index in [1.807, 2.05) is 6.92 Å². The molecule has 1 amide bonds. The molecule has 11 heteroatoms. The lowest BCUT2D eigenvalue weighted by Gasteiger charge is -2.10. The number of ether oxygens (including phenoxy) is 1. The van der Waals surface area contributed by atoms with Gasteiger partial charge in [0, 0.05) is 6.54 Å². The number of amides is 1. The molecule has 1 aromatic heterocycles. The smallest absolute Gasteiger partial charge is 0.339 e. The van der Waals surface area contributed by atoms with Crippen LogP contribution < -0.4 is 5.32 Å². The second kappa shape index (κ2) is 11.1. The number of rotatable bonds is 10. The van der Waals surface area contributed by atoms with E-state index in [0.29, 0.717) is 10.8 Å². The summed E-state index contributed by atoms with van der Waals surface area (Å²) in [5.74, 6) is -1.05. The van der Waals surface area contributed by atoms with E-state index in [1.165, 1.54) is 7.11 Å². The second-order valence-corrected chi connectivity index (χ2v) is 10.2. The Morgan fingerprint density at radius 2 is 1.85 bits per heavy atom. The first-order chi connectivity index (χ1) is 16.2. The lowest BCUT2D eigenvalue weighted by Crippen LogP contribution is -2.17. The van der Waals surface area contributed by atoms with Crippen molar-refractivity contribution in [2.24, 2.45) is 0 Å². The normalized spacial score (nSPS) is 11.1. The maximum absolute atomic E-state index is 12.8. The topological polar surface area (TPSA) is 120 Å². The van der Waals surface area contributed by atoms with Gasteiger partial charge < -0.3 is 14.6 Å². The first kappa shape index (κ1) is 25.2. The Kier molecular flexibility index (Phi) is 8.24. The number of carbonyl (C=O) groups is 2. The molecule has 0 saturated heterocycles. The molecule has 3 aromatic rings. The van der Waals surface area contributed by atoms with Gasteiger partial charge in [-0.25, -0.2) is 13.2 Å². The van der Waals surface area contributed by atoms with Crippen LogP contribution in [0.15, 0.2) is 71.2 Å². The van der Waals surface area contributed by atoms with Crippen molar-refractivity contribution in [3.63, 3.8) is 0 Å². The summed E-state index contributed by atoms with van der Waals surface area (Å²) < 4.78 is 32.0. The second-order valence-electron chi connectivity index (χ2n) is 7.24. The van der Waals surface area contributed by atoms with Crippen molar-refractivity contribution in [1.82, 2.24) is 14.8 Å². The van der Waals surface area contributed by atoms with Gasteiger partial charge in [-0.2, -0.15) is 0 Å². The van der Waals surface area contributed by atoms with Crippen LogP contribution in [-0.2, 0) is 31.7 Å². The summed E-state index contributed by atoms with van der Waals surface area (Å²) in [5, 5.41) is 11.2. The fraction of sp³-hybridized carbons (Fsp3) is 0.217. The van der Waals surface area contributed by atoms with Crippen molar-refractivity contribution >= 4 is 39.2 Å². The Balaban J connectivity index is 1.73. The molecule has 0 aliphatic carbocycles. The third kappa shape index (κ3) is 6.12. The minimum Gasteiger partial charge on any atom is -0.465 e. The zero-order valence-corrected chi connectivity index (χ0v) is 20.4. The van der Waals surface area contributed by atoms with Gasteiger partial charge in [-0.3, -0.25) is 4.79 Å². The number of sulfone groups is 1. The molecule has 0 fully saturated rings. The third-order valence-electron chi connectivity index (χ3n) is 4.74. The van der Waals surface area contributed by atoms with E-state index in [2.05, 4.69) is 22.1 Å². The Labute approximate surface area is 202 Å². The average molecular weight is 501 g/mol. The molecule has 0 radical (unpaired) electrons. The van der Waals surface area contributed by atoms with Crippen LogP contribution in [0.2, 0.25) is 0 Å². The largest absolute Gasteiger partial charge is 0.465 e. The number of methoxy groups -OCH3 is 1. The monoisotopic (exact) mass is 500 g/mol. The molecule has 0 atom stereocenters. The highest BCUT2D eigenvalue weighted by Gasteiger charge is 2.22. The van der Waals surface area contributed by atoms with Crippen molar-refractivity contribution in [2.75, 3.05) is 18.2 Å². The van der Waals surface area contributed by atoms with Crippen LogP contribution in [0.1, 0.15) is 21.7 Å². The molecule has 0 saturated carbocycles. The molecular weight excluding hydrogens is 476 g/mol. The van der Waals surface area contributed by atoms with E-state index in [0.717, 1.165) is 17.3 Å². The summed E-state index contributed by atoms with van der Waals surface area (Å²) in [5.41, 5.74) is 1.53. The molecule has 9 nitrogen and oxygen atoms in total. The van der Waals surface area contributed by atoms with E-state index in [9.17, 15) is 18.0 Å². The number of nitrogens with zero attached hydrogens (tertiary/aromatic N) is 3. The number of nitrogens with one attached hydrogen (secondary N) is 1. The van der Waals surface area contributed by atoms with Crippen LogP contribution >= 0.6 is 11.8 Å². The summed E-state index contributed by atoms with van der Waals surface area (Å²) >= 11 is 1.10. The van der Waals surface area contributed by atoms with Crippen molar-refractivity contribution in [2.45, 2.75) is 29.3 Å². The van der Waals surface area contributed by atoms with Crippen molar-refractivity contribution in [1.29, 1.82) is 0 Å². The Bertz CT molecular complexity index is 1300. The van der Waals surface area contributed by atoms with Crippen molar-refractivity contribution < 1.29 is 22.7 Å². The van der Waals surface area contributed by atoms with Crippen LogP contribution in [0.5, 0.6) is 0 Å². The molecule has 178 valence electrons. The lowest BCUT2D eigenvalue weighted by atomic mass is 10.2. The first-order valence-corrected chi connectivity index (χ1v) is 12.8. The van der Waals surface area contributed by atoms with Crippen LogP contribution in [-0.4, -0.2) is 47.9 Å². The molecule has 3 rings (SSSR count). The number of aromatic nitrogens is 3. The maximum atomic E-state index is 12.8. The molecule has 1 N–H and O–H groups in total. The third-order valence-corrected chi connectivity index (χ3v) is 7.34. The number of allylic oxidation sites excluding steroid dienone is 1. The Morgan fingerprint density at radius 1 is 1.15 bits per heavy atom. The van der Waals surface area contributed by atoms with E-state index in [-0.39, 0.29) is 40.2 Å². The molecule has 0 spiro atoms. The minimum absolute atomic E-state index is 0.0322. The van der Waals surface area contributed by atoms with Gasteiger partial charge in [-0.15, -0.1) is 16.8 Å². The molecule has 0 unspecified atom stereocenters. The zero-order valence-electron chi connectivity index (χ0n) is 18.7. The summed E-state index contributed by atoms with van der Waals surface area (Å²) in [6.45, 7) is 5.87. The van der Waals surface area contributed by atoms with Gasteiger partial charge in [0.15, 0.2) is 15.0 Å². The highest BCUT2D eigenvalue weighted by molar-refractivity contribution is 7.99. The number of thioether (sulfide) groups is 1. The Morgan fingerprint density at radius 3 is 2.53 bits per heavy atom. The molecular formula is C23H24N4O5S2. The summed E-state index contributed by atoms with van der Waals surface area (Å²) in [4.78, 5) is 24.6. The van der Waals surface area contributed by atoms with E-state index in [1.54, 1.807) is 59.2 Å². The number of carbonyl (C=O) groups excluding carboxylic acids is 2. The predicted molar refractivity (Wildman–Crippen MR) is 129 cm³/mol.